The van der Waals surface area contributed by atoms with E-state index in [1.807, 2.05) is 18.3 Å². The number of carbonyl (C=O) groups is 1. The summed E-state index contributed by atoms with van der Waals surface area (Å²) in [5.41, 5.74) is 2.22. The average Bonchev–Trinajstić information content (AvgIpc) is 3.30. The minimum Gasteiger partial charge on any atom is -0.296 e. The lowest BCUT2D eigenvalue weighted by Gasteiger charge is -2.47. The van der Waals surface area contributed by atoms with E-state index < -0.39 is 5.54 Å². The zero-order valence-corrected chi connectivity index (χ0v) is 18.8. The average molecular weight is 433 g/mol. The maximum absolute atomic E-state index is 14.1. The molecule has 3 aromatic rings. The van der Waals surface area contributed by atoms with Gasteiger partial charge in [-0.1, -0.05) is 50.2 Å². The molecule has 0 radical (unpaired) electrons. The van der Waals surface area contributed by atoms with Crippen molar-refractivity contribution in [2.75, 3.05) is 11.4 Å². The third kappa shape index (κ3) is 3.34. The maximum Gasteiger partial charge on any atom is 0.335 e. The summed E-state index contributed by atoms with van der Waals surface area (Å²) in [7, 11) is 0. The Kier molecular flexibility index (Phi) is 5.13. The number of anilines is 1. The molecule has 5 rings (SSSR count). The van der Waals surface area contributed by atoms with Crippen LogP contribution in [0.15, 0.2) is 60.8 Å². The Labute approximate surface area is 188 Å². The van der Waals surface area contributed by atoms with Gasteiger partial charge < -0.3 is 0 Å². The van der Waals surface area contributed by atoms with Crippen LogP contribution in [0, 0.1) is 5.82 Å². The van der Waals surface area contributed by atoms with Gasteiger partial charge in [0.05, 0.1) is 5.69 Å². The number of benzene rings is 2. The first-order valence-electron chi connectivity index (χ1n) is 11.4. The molecule has 1 aromatic heterocycles. The predicted octanol–water partition coefficient (Wildman–Crippen LogP) is 5.51. The number of rotatable bonds is 4. The van der Waals surface area contributed by atoms with Gasteiger partial charge >= 0.3 is 6.03 Å². The van der Waals surface area contributed by atoms with Crippen molar-refractivity contribution in [3.8, 4) is 0 Å². The van der Waals surface area contributed by atoms with Gasteiger partial charge in [0.1, 0.15) is 17.2 Å². The van der Waals surface area contributed by atoms with Crippen LogP contribution in [-0.4, -0.2) is 33.1 Å². The minimum absolute atomic E-state index is 0.145. The highest BCUT2D eigenvalue weighted by Crippen LogP contribution is 2.48. The van der Waals surface area contributed by atoms with E-state index in [0.29, 0.717) is 5.69 Å². The molecule has 1 spiro atoms. The Balaban J connectivity index is 1.54. The second kappa shape index (κ2) is 7.85. The van der Waals surface area contributed by atoms with E-state index in [1.54, 1.807) is 15.5 Å². The quantitative estimate of drug-likeness (QED) is 0.546. The van der Waals surface area contributed by atoms with E-state index in [0.717, 1.165) is 37.4 Å². The highest BCUT2D eigenvalue weighted by molar-refractivity contribution is 5.98. The van der Waals surface area contributed by atoms with Crippen LogP contribution in [0.1, 0.15) is 56.6 Å². The van der Waals surface area contributed by atoms with E-state index >= 15 is 0 Å². The van der Waals surface area contributed by atoms with Gasteiger partial charge in [0, 0.05) is 31.0 Å². The molecule has 2 atom stereocenters. The van der Waals surface area contributed by atoms with Crippen molar-refractivity contribution in [1.82, 2.24) is 14.5 Å². The second-order valence-corrected chi connectivity index (χ2v) is 9.40. The van der Waals surface area contributed by atoms with Crippen LogP contribution < -0.4 is 4.90 Å². The molecule has 2 aromatic carbocycles. The minimum atomic E-state index is -0.579. The van der Waals surface area contributed by atoms with Crippen LogP contribution >= 0.6 is 0 Å². The Hall–Kier alpha value is -2.99. The largest absolute Gasteiger partial charge is 0.335 e. The van der Waals surface area contributed by atoms with E-state index in [9.17, 15) is 9.18 Å². The molecular weight excluding hydrogens is 403 g/mol. The summed E-state index contributed by atoms with van der Waals surface area (Å²) in [5.74, 6) is 0.685. The third-order valence-corrected chi connectivity index (χ3v) is 6.92. The summed E-state index contributed by atoms with van der Waals surface area (Å²) in [6.45, 7) is 8.10. The molecule has 32 heavy (non-hydrogen) atoms. The van der Waals surface area contributed by atoms with Gasteiger partial charge in [0.15, 0.2) is 0 Å². The van der Waals surface area contributed by atoms with Crippen molar-refractivity contribution >= 4 is 11.7 Å². The Bertz CT molecular complexity index is 1140. The third-order valence-electron chi connectivity index (χ3n) is 6.92. The molecule has 2 aliphatic rings. The molecule has 0 N–H and O–H groups in total. The van der Waals surface area contributed by atoms with Crippen LogP contribution in [0.25, 0.3) is 0 Å². The van der Waals surface area contributed by atoms with Crippen molar-refractivity contribution in [1.29, 1.82) is 0 Å². The number of likely N-dealkylation sites (tertiary alicyclic amines) is 1. The van der Waals surface area contributed by atoms with Gasteiger partial charge in [0.25, 0.3) is 0 Å². The number of hydrogen-bond donors (Lipinski definition) is 0. The van der Waals surface area contributed by atoms with Gasteiger partial charge in [0.2, 0.25) is 0 Å². The number of piperidine rings is 1. The van der Waals surface area contributed by atoms with Crippen LogP contribution in [0.3, 0.4) is 0 Å². The monoisotopic (exact) mass is 432 g/mol. The first-order valence-corrected chi connectivity index (χ1v) is 11.4. The van der Waals surface area contributed by atoms with Crippen LogP contribution in [0.5, 0.6) is 0 Å². The molecule has 0 unspecified atom stereocenters. The van der Waals surface area contributed by atoms with Crippen LogP contribution in [0.4, 0.5) is 14.9 Å². The zero-order chi connectivity index (χ0) is 22.5. The first-order chi connectivity index (χ1) is 15.4. The number of aromatic nitrogens is 2. The second-order valence-electron chi connectivity index (χ2n) is 9.40. The summed E-state index contributed by atoms with van der Waals surface area (Å²) in [5, 5.41) is 0. The summed E-state index contributed by atoms with van der Waals surface area (Å²) in [6.07, 6.45) is 3.36. The molecule has 5 nitrogen and oxygen atoms in total. The first kappa shape index (κ1) is 20.9. The fraction of sp³-hybridized carbons (Fsp3) is 0.385. The molecule has 1 amide bonds. The van der Waals surface area contributed by atoms with E-state index in [-0.39, 0.29) is 23.8 Å². The number of hydrogen-bond acceptors (Lipinski definition) is 3. The van der Waals surface area contributed by atoms with E-state index in [1.165, 1.54) is 17.7 Å². The summed E-state index contributed by atoms with van der Waals surface area (Å²) in [4.78, 5) is 22.8. The number of amides is 1. The fourth-order valence-corrected chi connectivity index (χ4v) is 5.24. The normalized spacial score (nSPS) is 23.3. The molecule has 166 valence electrons. The van der Waals surface area contributed by atoms with Crippen LogP contribution in [0.2, 0.25) is 0 Å². The van der Waals surface area contributed by atoms with E-state index in [2.05, 4.69) is 49.9 Å². The Morgan fingerprint density at radius 3 is 2.62 bits per heavy atom. The standard InChI is InChI=1S/C26H29FN4O/c1-18(2)23-17-30-24(28-23)26(31(25(30)32)22-11-7-10-21(27)14-22)12-13-29(19(3)15-26)16-20-8-5-4-6-9-20/h4-11,14,17-19H,12-13,15-16H2,1-3H3/t19-,26+/m0/s1. The molecular formula is C26H29FN4O. The van der Waals surface area contributed by atoms with Gasteiger partial charge in [-0.05, 0) is 49.4 Å². The maximum atomic E-state index is 14.1. The van der Waals surface area contributed by atoms with Gasteiger partial charge in [-0.2, -0.15) is 0 Å². The lowest BCUT2D eigenvalue weighted by atomic mass is 9.81. The van der Waals surface area contributed by atoms with Crippen molar-refractivity contribution in [2.24, 2.45) is 0 Å². The van der Waals surface area contributed by atoms with Gasteiger partial charge in [-0.25, -0.2) is 14.2 Å². The summed E-state index contributed by atoms with van der Waals surface area (Å²) >= 11 is 0. The fourth-order valence-electron chi connectivity index (χ4n) is 5.24. The molecule has 6 heteroatoms. The predicted molar refractivity (Wildman–Crippen MR) is 123 cm³/mol. The van der Waals surface area contributed by atoms with E-state index in [4.69, 9.17) is 4.98 Å². The number of carbonyl (C=O) groups excluding carboxylic acids is 1. The molecule has 0 bridgehead atoms. The van der Waals surface area contributed by atoms with Crippen LogP contribution in [-0.2, 0) is 12.1 Å². The number of imidazole rings is 1. The molecule has 0 aliphatic carbocycles. The lowest BCUT2D eigenvalue weighted by molar-refractivity contribution is 0.0967. The SMILES string of the molecule is CC(C)c1cn2c(n1)[C@]1(CCN(Cc3ccccc3)[C@@H](C)C1)N(c1cccc(F)c1)C2=O. The number of halogens is 1. The topological polar surface area (TPSA) is 41.4 Å². The number of nitrogens with zero attached hydrogens (tertiary/aromatic N) is 4. The molecule has 1 fully saturated rings. The summed E-state index contributed by atoms with van der Waals surface area (Å²) < 4.78 is 15.8. The smallest absolute Gasteiger partial charge is 0.296 e. The lowest BCUT2D eigenvalue weighted by Crippen LogP contribution is -2.55. The highest BCUT2D eigenvalue weighted by Gasteiger charge is 2.55. The molecule has 3 heterocycles. The van der Waals surface area contributed by atoms with Crippen molar-refractivity contribution < 1.29 is 9.18 Å². The molecule has 0 saturated carbocycles. The number of fused-ring (bicyclic) bond motifs is 2. The zero-order valence-electron chi connectivity index (χ0n) is 18.8. The molecule has 2 aliphatic heterocycles. The Morgan fingerprint density at radius 1 is 1.16 bits per heavy atom. The molecule has 1 saturated heterocycles. The van der Waals surface area contributed by atoms with Gasteiger partial charge in [-0.15, -0.1) is 0 Å². The highest BCUT2D eigenvalue weighted by atomic mass is 19.1. The summed E-state index contributed by atoms with van der Waals surface area (Å²) in [6, 6.07) is 16.9. The van der Waals surface area contributed by atoms with Gasteiger partial charge in [-0.3, -0.25) is 14.4 Å². The van der Waals surface area contributed by atoms with Crippen molar-refractivity contribution in [2.45, 2.75) is 57.7 Å². The van der Waals surface area contributed by atoms with Crippen molar-refractivity contribution in [3.63, 3.8) is 0 Å². The Morgan fingerprint density at radius 2 is 1.94 bits per heavy atom. The van der Waals surface area contributed by atoms with Crippen molar-refractivity contribution in [3.05, 3.63) is 83.7 Å².